The van der Waals surface area contributed by atoms with Gasteiger partial charge >= 0.3 is 6.16 Å². The van der Waals surface area contributed by atoms with Gasteiger partial charge in [0, 0.05) is 23.7 Å². The van der Waals surface area contributed by atoms with Crippen LogP contribution in [-0.2, 0) is 20.6 Å². The second-order valence-electron chi connectivity index (χ2n) is 8.65. The molecule has 0 saturated carbocycles. The van der Waals surface area contributed by atoms with Crippen LogP contribution in [0.4, 0.5) is 13.6 Å². The van der Waals surface area contributed by atoms with Gasteiger partial charge in [-0.15, -0.1) is 5.10 Å². The van der Waals surface area contributed by atoms with E-state index < -0.39 is 55.1 Å². The molecule has 10 nitrogen and oxygen atoms in total. The Morgan fingerprint density at radius 3 is 2.46 bits per heavy atom. The number of benzene rings is 1. The van der Waals surface area contributed by atoms with Gasteiger partial charge in [0.2, 0.25) is 12.2 Å². The normalized spacial score (nSPS) is 24.5. The average Bonchev–Trinajstić information content (AvgIpc) is 3.13. The smallest absolute Gasteiger partial charge is 0.443 e. The van der Waals surface area contributed by atoms with E-state index in [2.05, 4.69) is 9.84 Å². The molecule has 1 fully saturated rings. The van der Waals surface area contributed by atoms with Gasteiger partial charge in [0.25, 0.3) is 0 Å². The lowest BCUT2D eigenvalue weighted by Gasteiger charge is -2.39. The van der Waals surface area contributed by atoms with Gasteiger partial charge in [-0.2, -0.15) is 0 Å². The van der Waals surface area contributed by atoms with Crippen LogP contribution in [0.15, 0.2) is 12.1 Å². The first-order valence-corrected chi connectivity index (χ1v) is 11.0. The van der Waals surface area contributed by atoms with Crippen molar-refractivity contribution in [3.8, 4) is 5.88 Å². The maximum absolute atomic E-state index is 14.6. The number of aliphatic hydroxyl groups is 3. The molecule has 3 rings (SSSR count). The van der Waals surface area contributed by atoms with Gasteiger partial charge in [-0.05, 0) is 38.8 Å². The molecule has 1 aliphatic rings. The number of nitrogens with zero attached hydrogens (tertiary/aromatic N) is 2. The minimum absolute atomic E-state index is 0.0307. The Morgan fingerprint density at radius 2 is 1.83 bits per heavy atom. The van der Waals surface area contributed by atoms with E-state index in [1.165, 1.54) is 19.1 Å². The van der Waals surface area contributed by atoms with Crippen LogP contribution < -0.4 is 4.74 Å². The fraction of sp³-hybridized carbons (Fsp3) is 0.565. The quantitative estimate of drug-likeness (QED) is 0.488. The van der Waals surface area contributed by atoms with Crippen molar-refractivity contribution < 1.29 is 47.8 Å². The molecule has 0 spiro atoms. The number of carbonyl (C=O) groups is 1. The number of hydrogen-bond acceptors (Lipinski definition) is 9. The SMILES string of the molecule is COC(=O)OCC1O[C@@H](Oc2nn(C(C)C)c(C)c2Cc2ccc(C)c(F)c2F)[C@H](O)[C@@H](O)[C@@H]1O. The molecule has 1 aliphatic heterocycles. The topological polar surface area (TPSA) is 132 Å². The first-order valence-electron chi connectivity index (χ1n) is 11.0. The second-order valence-corrected chi connectivity index (χ2v) is 8.65. The lowest BCUT2D eigenvalue weighted by atomic mass is 9.99. The highest BCUT2D eigenvalue weighted by Gasteiger charge is 2.46. The van der Waals surface area contributed by atoms with Crippen LogP contribution in [0.25, 0.3) is 0 Å². The number of aromatic nitrogens is 2. The number of carbonyl (C=O) groups excluding carboxylic acids is 1. The minimum atomic E-state index is -1.69. The molecule has 3 N–H and O–H groups in total. The van der Waals surface area contributed by atoms with Crippen LogP contribution in [0.5, 0.6) is 5.88 Å². The van der Waals surface area contributed by atoms with E-state index >= 15 is 0 Å². The molecule has 1 aromatic carbocycles. The Kier molecular flexibility index (Phi) is 8.31. The highest BCUT2D eigenvalue weighted by atomic mass is 19.2. The molecule has 0 aliphatic carbocycles. The molecular formula is C23H30F2N2O8. The second kappa shape index (κ2) is 10.9. The van der Waals surface area contributed by atoms with Crippen molar-refractivity contribution >= 4 is 6.16 Å². The summed E-state index contributed by atoms with van der Waals surface area (Å²) < 4.78 is 50.9. The van der Waals surface area contributed by atoms with E-state index in [9.17, 15) is 28.9 Å². The summed E-state index contributed by atoms with van der Waals surface area (Å²) >= 11 is 0. The number of aryl methyl sites for hydroxylation is 1. The molecule has 5 atom stereocenters. The largest absolute Gasteiger partial charge is 0.508 e. The highest BCUT2D eigenvalue weighted by Crippen LogP contribution is 2.31. The zero-order valence-corrected chi connectivity index (χ0v) is 20.1. The molecule has 2 aromatic rings. The van der Waals surface area contributed by atoms with Gasteiger partial charge in [0.15, 0.2) is 11.6 Å². The number of hydrogen-bond donors (Lipinski definition) is 3. The fourth-order valence-corrected chi connectivity index (χ4v) is 3.81. The zero-order chi connectivity index (χ0) is 26.0. The molecular weight excluding hydrogens is 470 g/mol. The number of halogens is 2. The van der Waals surface area contributed by atoms with Crippen LogP contribution in [0.2, 0.25) is 0 Å². The van der Waals surface area contributed by atoms with Crippen LogP contribution in [0, 0.1) is 25.5 Å². The zero-order valence-electron chi connectivity index (χ0n) is 20.1. The Morgan fingerprint density at radius 1 is 1.14 bits per heavy atom. The van der Waals surface area contributed by atoms with Gasteiger partial charge < -0.3 is 34.3 Å². The van der Waals surface area contributed by atoms with Crippen molar-refractivity contribution in [3.63, 3.8) is 0 Å². The van der Waals surface area contributed by atoms with E-state index in [4.69, 9.17) is 14.2 Å². The Balaban J connectivity index is 1.91. The number of ether oxygens (including phenoxy) is 4. The van der Waals surface area contributed by atoms with Crippen molar-refractivity contribution in [2.45, 2.75) is 70.9 Å². The van der Waals surface area contributed by atoms with Crippen LogP contribution in [-0.4, -0.2) is 75.7 Å². The number of methoxy groups -OCH3 is 1. The van der Waals surface area contributed by atoms with E-state index in [1.54, 1.807) is 11.6 Å². The Labute approximate surface area is 201 Å². The summed E-state index contributed by atoms with van der Waals surface area (Å²) in [6.45, 7) is 6.44. The third-order valence-electron chi connectivity index (χ3n) is 5.88. The molecule has 2 heterocycles. The Bertz CT molecular complexity index is 1060. The summed E-state index contributed by atoms with van der Waals surface area (Å²) in [5.41, 5.74) is 1.28. The lowest BCUT2D eigenvalue weighted by Crippen LogP contribution is -2.60. The predicted molar refractivity (Wildman–Crippen MR) is 117 cm³/mol. The van der Waals surface area contributed by atoms with Gasteiger partial charge in [-0.25, -0.2) is 13.6 Å². The summed E-state index contributed by atoms with van der Waals surface area (Å²) in [5, 5.41) is 35.3. The molecule has 0 bridgehead atoms. The van der Waals surface area contributed by atoms with Gasteiger partial charge in [0.1, 0.15) is 31.0 Å². The summed E-state index contributed by atoms with van der Waals surface area (Å²) in [7, 11) is 1.10. The van der Waals surface area contributed by atoms with Crippen LogP contribution in [0.3, 0.4) is 0 Å². The third-order valence-corrected chi connectivity index (χ3v) is 5.88. The average molecular weight is 500 g/mol. The van der Waals surface area contributed by atoms with E-state index in [0.717, 1.165) is 7.11 Å². The predicted octanol–water partition coefficient (Wildman–Crippen LogP) is 1.92. The number of aliphatic hydroxyl groups excluding tert-OH is 3. The van der Waals surface area contributed by atoms with Crippen molar-refractivity contribution in [2.75, 3.05) is 13.7 Å². The fourth-order valence-electron chi connectivity index (χ4n) is 3.81. The van der Waals surface area contributed by atoms with Crippen molar-refractivity contribution in [2.24, 2.45) is 0 Å². The van der Waals surface area contributed by atoms with Gasteiger partial charge in [-0.3, -0.25) is 4.68 Å². The highest BCUT2D eigenvalue weighted by molar-refractivity contribution is 5.59. The van der Waals surface area contributed by atoms with Crippen molar-refractivity contribution in [1.82, 2.24) is 9.78 Å². The molecule has 12 heteroatoms. The third kappa shape index (κ3) is 5.56. The summed E-state index contributed by atoms with van der Waals surface area (Å²) in [5.74, 6) is -1.97. The molecule has 35 heavy (non-hydrogen) atoms. The summed E-state index contributed by atoms with van der Waals surface area (Å²) in [6.07, 6.45) is -8.84. The monoisotopic (exact) mass is 500 g/mol. The summed E-state index contributed by atoms with van der Waals surface area (Å²) in [6, 6.07) is 2.82. The molecule has 1 unspecified atom stereocenters. The molecule has 0 amide bonds. The minimum Gasteiger partial charge on any atom is -0.443 e. The van der Waals surface area contributed by atoms with E-state index in [0.29, 0.717) is 11.3 Å². The first-order chi connectivity index (χ1) is 16.5. The molecule has 1 aromatic heterocycles. The maximum Gasteiger partial charge on any atom is 0.508 e. The lowest BCUT2D eigenvalue weighted by molar-refractivity contribution is -0.278. The molecule has 1 saturated heterocycles. The van der Waals surface area contributed by atoms with Crippen molar-refractivity contribution in [1.29, 1.82) is 0 Å². The Hall–Kier alpha value is -2.80. The first kappa shape index (κ1) is 26.8. The van der Waals surface area contributed by atoms with Crippen molar-refractivity contribution in [3.05, 3.63) is 46.2 Å². The number of rotatable bonds is 7. The van der Waals surface area contributed by atoms with Crippen LogP contribution in [0.1, 0.15) is 42.3 Å². The van der Waals surface area contributed by atoms with Crippen LogP contribution >= 0.6 is 0 Å². The maximum atomic E-state index is 14.6. The molecule has 0 radical (unpaired) electrons. The van der Waals surface area contributed by atoms with E-state index in [-0.39, 0.29) is 29.5 Å². The summed E-state index contributed by atoms with van der Waals surface area (Å²) in [4.78, 5) is 11.3. The van der Waals surface area contributed by atoms with Gasteiger partial charge in [-0.1, -0.05) is 12.1 Å². The van der Waals surface area contributed by atoms with E-state index in [1.807, 2.05) is 13.8 Å². The standard InChI is InChI=1S/C23H30F2N2O8/c1-10(2)27-12(4)14(8-13-7-6-11(3)16(24)17(13)25)21(26-27)35-22-20(30)19(29)18(28)15(34-22)9-33-23(31)32-5/h6-7,10,15,18-20,22,28-30H,8-9H2,1-5H3/t15?,18-,19+,20-,22+/m1/s1. The molecule has 194 valence electrons. The van der Waals surface area contributed by atoms with Gasteiger partial charge in [0.05, 0.1) is 7.11 Å².